The van der Waals surface area contributed by atoms with E-state index in [0.29, 0.717) is 5.39 Å². The first-order valence-electron chi connectivity index (χ1n) is 8.30. The molecule has 0 saturated heterocycles. The van der Waals surface area contributed by atoms with Crippen molar-refractivity contribution < 1.29 is 9.84 Å². The predicted molar refractivity (Wildman–Crippen MR) is 98.2 cm³/mol. The van der Waals surface area contributed by atoms with Crippen molar-refractivity contribution in [3.63, 3.8) is 0 Å². The summed E-state index contributed by atoms with van der Waals surface area (Å²) >= 11 is 0. The van der Waals surface area contributed by atoms with Crippen molar-refractivity contribution in [1.82, 2.24) is 9.78 Å². The largest absolute Gasteiger partial charge is 0.491 e. The molecule has 0 unspecified atom stereocenters. The van der Waals surface area contributed by atoms with E-state index in [9.17, 15) is 9.90 Å². The number of aliphatic hydroxyl groups is 1. The quantitative estimate of drug-likeness (QED) is 0.777. The van der Waals surface area contributed by atoms with Gasteiger partial charge in [-0.25, -0.2) is 4.68 Å². The maximum Gasteiger partial charge on any atom is 0.274 e. The van der Waals surface area contributed by atoms with Crippen LogP contribution in [-0.4, -0.2) is 27.6 Å². The molecule has 3 aromatic rings. The molecule has 130 valence electrons. The lowest BCUT2D eigenvalue weighted by Crippen LogP contribution is -2.32. The first kappa shape index (κ1) is 17.2. The number of benzene rings is 2. The number of hydrogen-bond donors (Lipinski definition) is 1. The van der Waals surface area contributed by atoms with Crippen LogP contribution in [0.15, 0.2) is 47.3 Å². The lowest BCUT2D eigenvalue weighted by Gasteiger charge is -2.16. The summed E-state index contributed by atoms with van der Waals surface area (Å²) < 4.78 is 7.03. The van der Waals surface area contributed by atoms with Crippen LogP contribution >= 0.6 is 0 Å². The standard InChI is InChI=1S/C20H22N2O3/c1-13-8-9-14(2)19(10-13)25-12-16(23)11-22-20(24)18-7-5-4-6-17(18)15(3)21-22/h4-10,16,23H,11-12H2,1-3H3/t16-/m0/s1. The Hall–Kier alpha value is -2.66. The zero-order chi connectivity index (χ0) is 18.0. The van der Waals surface area contributed by atoms with Crippen LogP contribution in [0.4, 0.5) is 0 Å². The van der Waals surface area contributed by atoms with Gasteiger partial charge in [-0.05, 0) is 44.0 Å². The number of hydrogen-bond acceptors (Lipinski definition) is 4. The van der Waals surface area contributed by atoms with E-state index in [0.717, 1.165) is 28.0 Å². The third-order valence-electron chi connectivity index (χ3n) is 4.21. The SMILES string of the molecule is Cc1ccc(C)c(OC[C@@H](O)Cn2nc(C)c3ccccc3c2=O)c1. The second kappa shape index (κ2) is 7.07. The molecule has 1 aromatic heterocycles. The van der Waals surface area contributed by atoms with Crippen LogP contribution in [0.25, 0.3) is 10.8 Å². The summed E-state index contributed by atoms with van der Waals surface area (Å²) in [6.45, 7) is 6.00. The van der Waals surface area contributed by atoms with Gasteiger partial charge in [-0.3, -0.25) is 4.79 Å². The lowest BCUT2D eigenvalue weighted by molar-refractivity contribution is 0.0877. The molecule has 0 fully saturated rings. The molecule has 0 saturated carbocycles. The van der Waals surface area contributed by atoms with Crippen molar-refractivity contribution in [3.05, 3.63) is 69.6 Å². The van der Waals surface area contributed by atoms with Gasteiger partial charge in [0.05, 0.1) is 17.6 Å². The van der Waals surface area contributed by atoms with Crippen LogP contribution in [0.2, 0.25) is 0 Å². The number of aryl methyl sites for hydroxylation is 3. The number of nitrogens with zero attached hydrogens (tertiary/aromatic N) is 2. The van der Waals surface area contributed by atoms with Crippen LogP contribution in [0.1, 0.15) is 16.8 Å². The molecular weight excluding hydrogens is 316 g/mol. The summed E-state index contributed by atoms with van der Waals surface area (Å²) in [5, 5.41) is 16.0. The van der Waals surface area contributed by atoms with E-state index < -0.39 is 6.10 Å². The highest BCUT2D eigenvalue weighted by Crippen LogP contribution is 2.19. The number of aliphatic hydroxyl groups excluding tert-OH is 1. The average molecular weight is 338 g/mol. The highest BCUT2D eigenvalue weighted by molar-refractivity contribution is 5.83. The zero-order valence-corrected chi connectivity index (χ0v) is 14.7. The van der Waals surface area contributed by atoms with Crippen molar-refractivity contribution in [2.24, 2.45) is 0 Å². The molecule has 0 bridgehead atoms. The Labute approximate surface area is 146 Å². The monoisotopic (exact) mass is 338 g/mol. The Balaban J connectivity index is 1.76. The molecule has 1 heterocycles. The van der Waals surface area contributed by atoms with E-state index in [1.54, 1.807) is 6.07 Å². The molecular formula is C20H22N2O3. The Bertz CT molecular complexity index is 963. The van der Waals surface area contributed by atoms with Gasteiger partial charge in [-0.2, -0.15) is 5.10 Å². The average Bonchev–Trinajstić information content (AvgIpc) is 2.60. The second-order valence-corrected chi connectivity index (χ2v) is 6.35. The normalized spacial score (nSPS) is 12.3. The van der Waals surface area contributed by atoms with Crippen LogP contribution in [0.3, 0.4) is 0 Å². The molecule has 0 aliphatic rings. The molecule has 5 nitrogen and oxygen atoms in total. The van der Waals surface area contributed by atoms with E-state index >= 15 is 0 Å². The first-order valence-corrected chi connectivity index (χ1v) is 8.30. The summed E-state index contributed by atoms with van der Waals surface area (Å²) in [6, 6.07) is 13.3. The Morgan fingerprint density at radius 2 is 1.84 bits per heavy atom. The van der Waals surface area contributed by atoms with Crippen LogP contribution in [0, 0.1) is 20.8 Å². The minimum Gasteiger partial charge on any atom is -0.491 e. The van der Waals surface area contributed by atoms with Crippen molar-refractivity contribution in [2.45, 2.75) is 33.4 Å². The summed E-state index contributed by atoms with van der Waals surface area (Å²) in [7, 11) is 0. The number of fused-ring (bicyclic) bond motifs is 1. The first-order chi connectivity index (χ1) is 12.0. The van der Waals surface area contributed by atoms with E-state index in [1.807, 2.05) is 57.2 Å². The molecule has 5 heteroatoms. The van der Waals surface area contributed by atoms with Crippen LogP contribution in [0.5, 0.6) is 5.75 Å². The third kappa shape index (κ3) is 3.72. The van der Waals surface area contributed by atoms with Crippen molar-refractivity contribution in [1.29, 1.82) is 0 Å². The number of aromatic nitrogens is 2. The number of ether oxygens (including phenoxy) is 1. The summed E-state index contributed by atoms with van der Waals surface area (Å²) in [6.07, 6.45) is -0.828. The maximum absolute atomic E-state index is 12.5. The molecule has 2 aromatic carbocycles. The minimum absolute atomic E-state index is 0.0926. The van der Waals surface area contributed by atoms with Gasteiger partial charge in [0.25, 0.3) is 5.56 Å². The Morgan fingerprint density at radius 3 is 2.60 bits per heavy atom. The minimum atomic E-state index is -0.828. The summed E-state index contributed by atoms with van der Waals surface area (Å²) in [4.78, 5) is 12.5. The molecule has 1 atom stereocenters. The second-order valence-electron chi connectivity index (χ2n) is 6.35. The van der Waals surface area contributed by atoms with E-state index in [-0.39, 0.29) is 18.7 Å². The van der Waals surface area contributed by atoms with Gasteiger partial charge in [0.15, 0.2) is 0 Å². The highest BCUT2D eigenvalue weighted by atomic mass is 16.5. The summed E-state index contributed by atoms with van der Waals surface area (Å²) in [5.74, 6) is 0.744. The molecule has 0 aliphatic carbocycles. The fourth-order valence-electron chi connectivity index (χ4n) is 2.83. The third-order valence-corrected chi connectivity index (χ3v) is 4.21. The highest BCUT2D eigenvalue weighted by Gasteiger charge is 2.13. The zero-order valence-electron chi connectivity index (χ0n) is 14.7. The maximum atomic E-state index is 12.5. The molecule has 1 N–H and O–H groups in total. The molecule has 25 heavy (non-hydrogen) atoms. The van der Waals surface area contributed by atoms with Gasteiger partial charge >= 0.3 is 0 Å². The number of rotatable bonds is 5. The van der Waals surface area contributed by atoms with Gasteiger partial charge in [0.2, 0.25) is 0 Å². The fourth-order valence-corrected chi connectivity index (χ4v) is 2.83. The van der Waals surface area contributed by atoms with Crippen molar-refractivity contribution in [3.8, 4) is 5.75 Å². The van der Waals surface area contributed by atoms with E-state index in [2.05, 4.69) is 5.10 Å². The van der Waals surface area contributed by atoms with Gasteiger partial charge in [0.1, 0.15) is 18.5 Å². The van der Waals surface area contributed by atoms with Gasteiger partial charge in [-0.1, -0.05) is 30.3 Å². The predicted octanol–water partition coefficient (Wildman–Crippen LogP) is 2.76. The summed E-state index contributed by atoms with van der Waals surface area (Å²) in [5.41, 5.74) is 2.66. The van der Waals surface area contributed by atoms with E-state index in [1.165, 1.54) is 4.68 Å². The Kier molecular flexibility index (Phi) is 4.86. The molecule has 0 amide bonds. The molecule has 0 aliphatic heterocycles. The van der Waals surface area contributed by atoms with Crippen molar-refractivity contribution >= 4 is 10.8 Å². The fraction of sp³-hybridized carbons (Fsp3) is 0.300. The van der Waals surface area contributed by atoms with Gasteiger partial charge < -0.3 is 9.84 Å². The van der Waals surface area contributed by atoms with E-state index in [4.69, 9.17) is 4.74 Å². The topological polar surface area (TPSA) is 64.3 Å². The smallest absolute Gasteiger partial charge is 0.274 e. The van der Waals surface area contributed by atoms with Crippen LogP contribution in [-0.2, 0) is 6.54 Å². The molecule has 3 rings (SSSR count). The lowest BCUT2D eigenvalue weighted by atomic mass is 10.1. The molecule has 0 spiro atoms. The van der Waals surface area contributed by atoms with Crippen LogP contribution < -0.4 is 10.3 Å². The molecule has 0 radical (unpaired) electrons. The van der Waals surface area contributed by atoms with Gasteiger partial charge in [0, 0.05) is 5.39 Å². The Morgan fingerprint density at radius 1 is 1.12 bits per heavy atom. The van der Waals surface area contributed by atoms with Gasteiger partial charge in [-0.15, -0.1) is 0 Å². The van der Waals surface area contributed by atoms with Crippen molar-refractivity contribution in [2.75, 3.05) is 6.61 Å².